The average Bonchev–Trinajstić information content (AvgIpc) is 2.48. The summed E-state index contributed by atoms with van der Waals surface area (Å²) < 4.78 is 0. The molecule has 0 aliphatic rings. The zero-order chi connectivity index (χ0) is 14.8. The SMILES string of the molecule is Cc1cccc(CN(C)c2ccc3ncccc3c2N)n1. The maximum absolute atomic E-state index is 6.30. The van der Waals surface area contributed by atoms with E-state index < -0.39 is 0 Å². The topological polar surface area (TPSA) is 55.0 Å². The third-order valence-corrected chi connectivity index (χ3v) is 3.56. The van der Waals surface area contributed by atoms with Gasteiger partial charge in [0.1, 0.15) is 0 Å². The summed E-state index contributed by atoms with van der Waals surface area (Å²) in [5.74, 6) is 0. The predicted octanol–water partition coefficient (Wildman–Crippen LogP) is 3.16. The van der Waals surface area contributed by atoms with Gasteiger partial charge in [0, 0.05) is 24.3 Å². The molecule has 2 N–H and O–H groups in total. The Morgan fingerprint density at radius 2 is 1.95 bits per heavy atom. The normalized spacial score (nSPS) is 10.8. The molecule has 2 heterocycles. The summed E-state index contributed by atoms with van der Waals surface area (Å²) in [5, 5.41) is 0.985. The van der Waals surface area contributed by atoms with Crippen LogP contribution in [0.3, 0.4) is 0 Å². The van der Waals surface area contributed by atoms with Crippen LogP contribution in [0.5, 0.6) is 0 Å². The van der Waals surface area contributed by atoms with E-state index in [-0.39, 0.29) is 0 Å². The standard InChI is InChI=1S/C17H18N4/c1-12-5-3-6-13(20-12)11-21(2)16-9-8-15-14(17(16)18)7-4-10-19-15/h3-10H,11,18H2,1-2H3. The highest BCUT2D eigenvalue weighted by Gasteiger charge is 2.10. The zero-order valence-electron chi connectivity index (χ0n) is 12.2. The molecule has 0 saturated heterocycles. The van der Waals surface area contributed by atoms with E-state index in [1.165, 1.54) is 0 Å². The number of hydrogen-bond acceptors (Lipinski definition) is 4. The molecule has 0 radical (unpaired) electrons. The minimum atomic E-state index is 0.720. The molecule has 0 saturated carbocycles. The van der Waals surface area contributed by atoms with Gasteiger partial charge in [0.05, 0.1) is 29.1 Å². The lowest BCUT2D eigenvalue weighted by Crippen LogP contribution is -2.18. The maximum atomic E-state index is 6.30. The first-order valence-corrected chi connectivity index (χ1v) is 6.92. The number of anilines is 2. The predicted molar refractivity (Wildman–Crippen MR) is 87.2 cm³/mol. The monoisotopic (exact) mass is 278 g/mol. The molecule has 0 fully saturated rings. The molecule has 0 aliphatic heterocycles. The second-order valence-corrected chi connectivity index (χ2v) is 5.19. The van der Waals surface area contributed by atoms with Crippen molar-refractivity contribution in [2.45, 2.75) is 13.5 Å². The second-order valence-electron chi connectivity index (χ2n) is 5.19. The molecule has 21 heavy (non-hydrogen) atoms. The van der Waals surface area contributed by atoms with Crippen molar-refractivity contribution in [2.24, 2.45) is 0 Å². The first kappa shape index (κ1) is 13.4. The Hall–Kier alpha value is -2.62. The molecular formula is C17H18N4. The van der Waals surface area contributed by atoms with Gasteiger partial charge in [-0.2, -0.15) is 0 Å². The van der Waals surface area contributed by atoms with Gasteiger partial charge < -0.3 is 10.6 Å². The smallest absolute Gasteiger partial charge is 0.0724 e. The molecule has 0 bridgehead atoms. The number of aromatic nitrogens is 2. The fraction of sp³-hybridized carbons (Fsp3) is 0.176. The summed E-state index contributed by atoms with van der Waals surface area (Å²) in [5.41, 5.74) is 11.0. The van der Waals surface area contributed by atoms with Crippen molar-refractivity contribution >= 4 is 22.3 Å². The number of rotatable bonds is 3. The number of fused-ring (bicyclic) bond motifs is 1. The van der Waals surface area contributed by atoms with Gasteiger partial charge in [0.25, 0.3) is 0 Å². The van der Waals surface area contributed by atoms with Crippen molar-refractivity contribution in [3.8, 4) is 0 Å². The van der Waals surface area contributed by atoms with Gasteiger partial charge in [-0.25, -0.2) is 0 Å². The van der Waals surface area contributed by atoms with Crippen LogP contribution in [-0.4, -0.2) is 17.0 Å². The van der Waals surface area contributed by atoms with E-state index >= 15 is 0 Å². The minimum Gasteiger partial charge on any atom is -0.396 e. The summed E-state index contributed by atoms with van der Waals surface area (Å²) in [6.07, 6.45) is 1.78. The molecule has 106 valence electrons. The van der Waals surface area contributed by atoms with Crippen LogP contribution in [0.2, 0.25) is 0 Å². The number of nitrogens with zero attached hydrogens (tertiary/aromatic N) is 3. The van der Waals surface area contributed by atoms with Gasteiger partial charge in [-0.15, -0.1) is 0 Å². The lowest BCUT2D eigenvalue weighted by atomic mass is 10.1. The van der Waals surface area contributed by atoms with E-state index in [0.29, 0.717) is 0 Å². The van der Waals surface area contributed by atoms with E-state index in [9.17, 15) is 0 Å². The van der Waals surface area contributed by atoms with Gasteiger partial charge in [0.2, 0.25) is 0 Å². The molecule has 0 unspecified atom stereocenters. The maximum Gasteiger partial charge on any atom is 0.0724 e. The van der Waals surface area contributed by atoms with Crippen LogP contribution in [0.25, 0.3) is 10.9 Å². The molecule has 4 heteroatoms. The molecule has 3 aromatic rings. The summed E-state index contributed by atoms with van der Waals surface area (Å²) in [6, 6.07) is 14.0. The van der Waals surface area contributed by atoms with Crippen molar-refractivity contribution in [1.82, 2.24) is 9.97 Å². The van der Waals surface area contributed by atoms with Gasteiger partial charge in [0.15, 0.2) is 0 Å². The van der Waals surface area contributed by atoms with Crippen molar-refractivity contribution in [1.29, 1.82) is 0 Å². The Bertz CT molecular complexity index is 783. The van der Waals surface area contributed by atoms with Crippen molar-refractivity contribution in [2.75, 3.05) is 17.7 Å². The fourth-order valence-electron chi connectivity index (χ4n) is 2.51. The van der Waals surface area contributed by atoms with Crippen LogP contribution >= 0.6 is 0 Å². The summed E-state index contributed by atoms with van der Waals surface area (Å²) in [7, 11) is 2.03. The molecule has 0 atom stereocenters. The minimum absolute atomic E-state index is 0.720. The quantitative estimate of drug-likeness (QED) is 0.748. The highest BCUT2D eigenvalue weighted by Crippen LogP contribution is 2.30. The highest BCUT2D eigenvalue weighted by molar-refractivity contribution is 5.97. The zero-order valence-corrected chi connectivity index (χ0v) is 12.2. The summed E-state index contributed by atoms with van der Waals surface area (Å²) in [4.78, 5) is 11.0. The molecule has 0 spiro atoms. The number of benzene rings is 1. The first-order valence-electron chi connectivity index (χ1n) is 6.92. The molecule has 4 nitrogen and oxygen atoms in total. The van der Waals surface area contributed by atoms with Crippen molar-refractivity contribution in [3.05, 3.63) is 60.0 Å². The first-order chi connectivity index (χ1) is 10.1. The second kappa shape index (κ2) is 5.40. The largest absolute Gasteiger partial charge is 0.396 e. The third-order valence-electron chi connectivity index (χ3n) is 3.56. The highest BCUT2D eigenvalue weighted by atomic mass is 15.1. The number of aryl methyl sites for hydroxylation is 1. The van der Waals surface area contributed by atoms with E-state index in [4.69, 9.17) is 5.73 Å². The Labute approximate surface area is 124 Å². The Morgan fingerprint density at radius 3 is 2.76 bits per heavy atom. The van der Waals surface area contributed by atoms with Gasteiger partial charge in [-0.1, -0.05) is 6.07 Å². The van der Waals surface area contributed by atoms with Crippen molar-refractivity contribution in [3.63, 3.8) is 0 Å². The van der Waals surface area contributed by atoms with E-state index in [0.717, 1.165) is 40.2 Å². The Kier molecular flexibility index (Phi) is 3.44. The molecule has 0 amide bonds. The number of pyridine rings is 2. The molecule has 1 aromatic carbocycles. The fourth-order valence-corrected chi connectivity index (χ4v) is 2.51. The number of nitrogens with two attached hydrogens (primary N) is 1. The average molecular weight is 278 g/mol. The van der Waals surface area contributed by atoms with E-state index in [1.807, 2.05) is 56.4 Å². The van der Waals surface area contributed by atoms with Crippen LogP contribution in [0.1, 0.15) is 11.4 Å². The van der Waals surface area contributed by atoms with Gasteiger partial charge in [-0.3, -0.25) is 9.97 Å². The van der Waals surface area contributed by atoms with Gasteiger partial charge in [-0.05, 0) is 43.3 Å². The molecule has 3 rings (SSSR count). The Morgan fingerprint density at radius 1 is 1.10 bits per heavy atom. The third kappa shape index (κ3) is 2.65. The van der Waals surface area contributed by atoms with Gasteiger partial charge >= 0.3 is 0 Å². The lowest BCUT2D eigenvalue weighted by molar-refractivity contribution is 0.879. The van der Waals surface area contributed by atoms with E-state index in [2.05, 4.69) is 14.9 Å². The molecular weight excluding hydrogens is 260 g/mol. The van der Waals surface area contributed by atoms with Crippen LogP contribution in [0.4, 0.5) is 11.4 Å². The van der Waals surface area contributed by atoms with E-state index in [1.54, 1.807) is 6.20 Å². The molecule has 0 aliphatic carbocycles. The van der Waals surface area contributed by atoms with Crippen LogP contribution < -0.4 is 10.6 Å². The lowest BCUT2D eigenvalue weighted by Gasteiger charge is -2.21. The number of nitrogen functional groups attached to an aromatic ring is 1. The molecule has 2 aromatic heterocycles. The van der Waals surface area contributed by atoms with Crippen molar-refractivity contribution < 1.29 is 0 Å². The summed E-state index contributed by atoms with van der Waals surface area (Å²) >= 11 is 0. The van der Waals surface area contributed by atoms with Crippen LogP contribution in [0, 0.1) is 6.92 Å². The summed E-state index contributed by atoms with van der Waals surface area (Å²) in [6.45, 7) is 2.72. The Balaban J connectivity index is 1.94. The van der Waals surface area contributed by atoms with Crippen LogP contribution in [0.15, 0.2) is 48.7 Å². The number of hydrogen-bond donors (Lipinski definition) is 1. The van der Waals surface area contributed by atoms with Crippen LogP contribution in [-0.2, 0) is 6.54 Å².